The van der Waals surface area contributed by atoms with Crippen molar-refractivity contribution in [2.75, 3.05) is 25.6 Å². The summed E-state index contributed by atoms with van der Waals surface area (Å²) in [6, 6.07) is 7.15. The summed E-state index contributed by atoms with van der Waals surface area (Å²) in [5, 5.41) is 7.26. The van der Waals surface area contributed by atoms with Gasteiger partial charge >= 0.3 is 5.69 Å². The van der Waals surface area contributed by atoms with Crippen LogP contribution in [-0.4, -0.2) is 41.2 Å². The van der Waals surface area contributed by atoms with Crippen molar-refractivity contribution >= 4 is 39.1 Å². The first-order valence-electron chi connectivity index (χ1n) is 12.4. The van der Waals surface area contributed by atoms with Gasteiger partial charge in [-0.25, -0.2) is 9.18 Å². The van der Waals surface area contributed by atoms with E-state index in [1.807, 2.05) is 0 Å². The molecule has 11 heteroatoms. The molecule has 0 unspecified atom stereocenters. The topological polar surface area (TPSA) is 111 Å². The third kappa shape index (κ3) is 6.53. The number of carbonyl (C=O) groups is 2. The van der Waals surface area contributed by atoms with Crippen LogP contribution in [0.25, 0.3) is 10.2 Å². The molecule has 0 spiro atoms. The van der Waals surface area contributed by atoms with Crippen LogP contribution in [0.5, 0.6) is 0 Å². The van der Waals surface area contributed by atoms with E-state index in [0.717, 1.165) is 19.3 Å². The number of hydrogen-bond acceptors (Lipinski definition) is 6. The molecule has 1 fully saturated rings. The molecule has 2 N–H and O–H groups in total. The minimum Gasteiger partial charge on any atom is -0.385 e. The Morgan fingerprint density at radius 1 is 1.14 bits per heavy atom. The van der Waals surface area contributed by atoms with Gasteiger partial charge in [0.05, 0.1) is 5.52 Å². The molecule has 0 aliphatic heterocycles. The first-order chi connectivity index (χ1) is 17.9. The number of nitrogens with zero attached hydrogens (tertiary/aromatic N) is 2. The van der Waals surface area contributed by atoms with Crippen LogP contribution in [0.4, 0.5) is 10.1 Å². The maximum absolute atomic E-state index is 13.5. The third-order valence-electron chi connectivity index (χ3n) is 6.73. The molecule has 2 amide bonds. The van der Waals surface area contributed by atoms with Crippen molar-refractivity contribution < 1.29 is 18.7 Å². The van der Waals surface area contributed by atoms with Crippen molar-refractivity contribution in [3.63, 3.8) is 0 Å². The molecule has 0 atom stereocenters. The summed E-state index contributed by atoms with van der Waals surface area (Å²) in [5.41, 5.74) is -0.231. The number of nitrogens with one attached hydrogen (secondary N) is 2. The first-order valence-corrected chi connectivity index (χ1v) is 13.3. The number of rotatable bonds is 10. The summed E-state index contributed by atoms with van der Waals surface area (Å²) >= 11 is 1.23. The predicted molar refractivity (Wildman–Crippen MR) is 140 cm³/mol. The normalized spacial score (nSPS) is 17.6. The number of carbonyl (C=O) groups excluding carboxylic acids is 2. The second-order valence-corrected chi connectivity index (χ2v) is 10.2. The fourth-order valence-corrected chi connectivity index (χ4v) is 5.64. The van der Waals surface area contributed by atoms with Crippen LogP contribution in [0.1, 0.15) is 32.1 Å². The lowest BCUT2D eigenvalue weighted by molar-refractivity contribution is -0.126. The predicted octanol–water partition coefficient (Wildman–Crippen LogP) is 2.96. The number of hydrogen-bond donors (Lipinski definition) is 2. The zero-order valence-electron chi connectivity index (χ0n) is 20.7. The summed E-state index contributed by atoms with van der Waals surface area (Å²) in [5.74, 6) is -0.934. The Morgan fingerprint density at radius 3 is 2.65 bits per heavy atom. The molecule has 37 heavy (non-hydrogen) atoms. The maximum atomic E-state index is 13.5. The fraction of sp³-hybridized carbons (Fsp3) is 0.462. The molecule has 2 aromatic heterocycles. The monoisotopic (exact) mass is 530 g/mol. The average Bonchev–Trinajstić information content (AvgIpc) is 3.37. The van der Waals surface area contributed by atoms with Gasteiger partial charge < -0.3 is 15.4 Å². The molecule has 1 aliphatic rings. The van der Waals surface area contributed by atoms with E-state index in [1.54, 1.807) is 24.6 Å². The van der Waals surface area contributed by atoms with Crippen LogP contribution >= 0.6 is 11.3 Å². The highest BCUT2D eigenvalue weighted by molar-refractivity contribution is 7.17. The molecular weight excluding hydrogens is 499 g/mol. The van der Waals surface area contributed by atoms with Gasteiger partial charge in [-0.15, -0.1) is 11.3 Å². The van der Waals surface area contributed by atoms with E-state index in [9.17, 15) is 23.6 Å². The van der Waals surface area contributed by atoms with Gasteiger partial charge in [0, 0.05) is 38.4 Å². The quantitative estimate of drug-likeness (QED) is 0.392. The smallest absolute Gasteiger partial charge is 0.332 e. The molecule has 1 aromatic carbocycles. The van der Waals surface area contributed by atoms with E-state index in [4.69, 9.17) is 4.74 Å². The lowest BCUT2D eigenvalue weighted by Gasteiger charge is -2.28. The summed E-state index contributed by atoms with van der Waals surface area (Å²) in [6.45, 7) is 1.10. The SMILES string of the molecule is COCCCNC(=O)C1CCC(Cn2c(=O)c3sccc3n(CC(=O)Nc3cccc(F)c3)c2=O)CC1. The van der Waals surface area contributed by atoms with E-state index in [0.29, 0.717) is 36.2 Å². The van der Waals surface area contributed by atoms with Crippen molar-refractivity contribution in [3.8, 4) is 0 Å². The molecule has 1 saturated carbocycles. The molecule has 0 saturated heterocycles. The average molecular weight is 531 g/mol. The lowest BCUT2D eigenvalue weighted by Crippen LogP contribution is -2.43. The van der Waals surface area contributed by atoms with Gasteiger partial charge in [-0.3, -0.25) is 23.5 Å². The highest BCUT2D eigenvalue weighted by atomic mass is 32.1. The van der Waals surface area contributed by atoms with Crippen LogP contribution in [-0.2, 0) is 27.4 Å². The van der Waals surface area contributed by atoms with Gasteiger partial charge in [0.25, 0.3) is 5.56 Å². The molecule has 0 bridgehead atoms. The number of amides is 2. The second-order valence-electron chi connectivity index (χ2n) is 9.33. The number of aromatic nitrogens is 2. The molecule has 9 nitrogen and oxygen atoms in total. The number of benzene rings is 1. The number of thiophene rings is 1. The minimum atomic E-state index is -0.552. The van der Waals surface area contributed by atoms with Gasteiger partial charge in [0.1, 0.15) is 17.1 Å². The third-order valence-corrected chi connectivity index (χ3v) is 7.62. The number of fused-ring (bicyclic) bond motifs is 1. The molecule has 0 radical (unpaired) electrons. The van der Waals surface area contributed by atoms with Gasteiger partial charge in [-0.1, -0.05) is 6.07 Å². The van der Waals surface area contributed by atoms with Gasteiger partial charge in [-0.2, -0.15) is 0 Å². The standard InChI is InChI=1S/C26H31FN4O5S/c1-36-12-3-11-28-24(33)18-8-6-17(7-9-18)15-31-25(34)23-21(10-13-37-23)30(26(31)35)16-22(32)29-20-5-2-4-19(27)14-20/h2,4-5,10,13-14,17-18H,3,6-9,11-12,15-16H2,1H3,(H,28,33)(H,29,32). The summed E-state index contributed by atoms with van der Waals surface area (Å²) in [6.07, 6.45) is 3.61. The number of ether oxygens (including phenoxy) is 1. The van der Waals surface area contributed by atoms with Crippen molar-refractivity contribution in [3.05, 3.63) is 62.4 Å². The summed E-state index contributed by atoms with van der Waals surface area (Å²) < 4.78 is 21.4. The Kier molecular flexibility index (Phi) is 8.88. The Morgan fingerprint density at radius 2 is 1.92 bits per heavy atom. The number of methoxy groups -OCH3 is 1. The maximum Gasteiger partial charge on any atom is 0.332 e. The molecular formula is C26H31FN4O5S. The molecule has 1 aliphatic carbocycles. The van der Waals surface area contributed by atoms with Crippen LogP contribution in [0.2, 0.25) is 0 Å². The minimum absolute atomic E-state index is 0.0402. The van der Waals surface area contributed by atoms with Gasteiger partial charge in [0.2, 0.25) is 11.8 Å². The molecule has 4 rings (SSSR count). The highest BCUT2D eigenvalue weighted by Crippen LogP contribution is 2.30. The zero-order chi connectivity index (χ0) is 26.4. The van der Waals surface area contributed by atoms with Gasteiger partial charge in [0.15, 0.2) is 0 Å². The zero-order valence-corrected chi connectivity index (χ0v) is 21.5. The Labute approximate surface area is 217 Å². The van der Waals surface area contributed by atoms with E-state index in [2.05, 4.69) is 10.6 Å². The first kappa shape index (κ1) is 26.7. The van der Waals surface area contributed by atoms with Crippen LogP contribution in [0.15, 0.2) is 45.3 Å². The van der Waals surface area contributed by atoms with Crippen molar-refractivity contribution in [1.82, 2.24) is 14.5 Å². The van der Waals surface area contributed by atoms with Crippen molar-refractivity contribution in [1.29, 1.82) is 0 Å². The summed E-state index contributed by atoms with van der Waals surface area (Å²) in [4.78, 5) is 51.6. The largest absolute Gasteiger partial charge is 0.385 e. The van der Waals surface area contributed by atoms with E-state index in [-0.39, 0.29) is 42.1 Å². The summed E-state index contributed by atoms with van der Waals surface area (Å²) in [7, 11) is 1.63. The Bertz CT molecular complexity index is 1370. The Balaban J connectivity index is 1.45. The lowest BCUT2D eigenvalue weighted by atomic mass is 9.81. The van der Waals surface area contributed by atoms with Gasteiger partial charge in [-0.05, 0) is 67.7 Å². The molecule has 3 aromatic rings. The number of anilines is 1. The number of halogens is 1. The molecule has 198 valence electrons. The fourth-order valence-electron chi connectivity index (χ4n) is 4.80. The van der Waals surface area contributed by atoms with Crippen LogP contribution in [0.3, 0.4) is 0 Å². The van der Waals surface area contributed by atoms with Crippen molar-refractivity contribution in [2.24, 2.45) is 11.8 Å². The van der Waals surface area contributed by atoms with Crippen LogP contribution in [0, 0.1) is 17.7 Å². The van der Waals surface area contributed by atoms with Crippen LogP contribution < -0.4 is 21.9 Å². The highest BCUT2D eigenvalue weighted by Gasteiger charge is 2.27. The van der Waals surface area contributed by atoms with Crippen molar-refractivity contribution in [2.45, 2.75) is 45.2 Å². The second kappa shape index (κ2) is 12.3. The molecule has 2 heterocycles. The van der Waals surface area contributed by atoms with E-state index < -0.39 is 17.4 Å². The van der Waals surface area contributed by atoms with E-state index >= 15 is 0 Å². The Hall–Kier alpha value is -3.31. The van der Waals surface area contributed by atoms with E-state index in [1.165, 1.54) is 38.7 Å².